The van der Waals surface area contributed by atoms with Crippen LogP contribution in [0.3, 0.4) is 0 Å². The molecule has 0 saturated carbocycles. The number of rotatable bonds is 12. The number of ether oxygens (including phenoxy) is 2. The molecular weight excluding hydrogens is 648 g/mol. The number of pyridine rings is 1. The average molecular weight is 693 g/mol. The molecule has 0 spiro atoms. The third kappa shape index (κ3) is 8.86. The van der Waals surface area contributed by atoms with Crippen molar-refractivity contribution in [1.82, 2.24) is 14.2 Å². The molecule has 1 fully saturated rings. The lowest BCUT2D eigenvalue weighted by atomic mass is 10.0. The summed E-state index contributed by atoms with van der Waals surface area (Å²) in [6, 6.07) is 16.1. The van der Waals surface area contributed by atoms with Gasteiger partial charge in [0.15, 0.2) is 0 Å². The van der Waals surface area contributed by atoms with Gasteiger partial charge >= 0.3 is 5.97 Å². The minimum atomic E-state index is -3.29. The number of amides is 2. The summed E-state index contributed by atoms with van der Waals surface area (Å²) in [5.74, 6) is -0.101. The summed E-state index contributed by atoms with van der Waals surface area (Å²) in [7, 11) is -1.67. The smallest absolute Gasteiger partial charge is 0.306 e. The summed E-state index contributed by atoms with van der Waals surface area (Å²) >= 11 is 0. The number of sulfonamides is 1. The summed E-state index contributed by atoms with van der Waals surface area (Å²) < 4.78 is 36.4. The van der Waals surface area contributed by atoms with Crippen LogP contribution in [-0.4, -0.2) is 91.6 Å². The van der Waals surface area contributed by atoms with Crippen molar-refractivity contribution in [2.24, 2.45) is 5.73 Å². The molecule has 2 aromatic carbocycles. The van der Waals surface area contributed by atoms with Gasteiger partial charge in [0.1, 0.15) is 23.2 Å². The Morgan fingerprint density at radius 2 is 1.71 bits per heavy atom. The van der Waals surface area contributed by atoms with E-state index in [1.165, 1.54) is 15.5 Å². The molecular formula is C35H44N6O7S. The number of methoxy groups -OCH3 is 1. The lowest BCUT2D eigenvalue weighted by Crippen LogP contribution is -2.48. The molecule has 2 aliphatic heterocycles. The van der Waals surface area contributed by atoms with Gasteiger partial charge in [0, 0.05) is 68.6 Å². The molecule has 13 nitrogen and oxygen atoms in total. The molecule has 5 rings (SSSR count). The van der Waals surface area contributed by atoms with Gasteiger partial charge in [-0.25, -0.2) is 13.4 Å². The van der Waals surface area contributed by atoms with E-state index in [4.69, 9.17) is 20.2 Å². The maximum atomic E-state index is 13.5. The Kier molecular flexibility index (Phi) is 10.5. The summed E-state index contributed by atoms with van der Waals surface area (Å²) in [4.78, 5) is 46.7. The standard InChI is InChI=1S/C35H44N6O7S/c1-35(2,3)48-32(42)13-12-30(33(36)43)41-22-25-18-24(8-11-28(25)34(41)44)29-19-26(39-14-16-40(17-15-39)49(5,45)46)20-31(38-29)37-21-23-6-9-27(47-4)10-7-23/h6-11,18-20,30H,12-17,21-22H2,1-5H3,(H2,36,43)(H,37,38)/t30-/m0/s1. The fourth-order valence-corrected chi connectivity index (χ4v) is 6.83. The number of benzene rings is 2. The summed E-state index contributed by atoms with van der Waals surface area (Å²) in [5.41, 5.74) is 9.56. The highest BCUT2D eigenvalue weighted by Crippen LogP contribution is 2.33. The van der Waals surface area contributed by atoms with Crippen molar-refractivity contribution >= 4 is 39.3 Å². The molecule has 2 aliphatic rings. The first-order valence-corrected chi connectivity index (χ1v) is 18.0. The largest absolute Gasteiger partial charge is 0.497 e. The number of piperazine rings is 1. The first kappa shape index (κ1) is 35.6. The van der Waals surface area contributed by atoms with E-state index >= 15 is 0 Å². The van der Waals surface area contributed by atoms with Crippen LogP contribution in [0.2, 0.25) is 0 Å². The maximum absolute atomic E-state index is 13.5. The van der Waals surface area contributed by atoms with Crippen LogP contribution in [0.5, 0.6) is 5.75 Å². The molecule has 0 bridgehead atoms. The summed E-state index contributed by atoms with van der Waals surface area (Å²) in [6.45, 7) is 7.72. The molecule has 3 N–H and O–H groups in total. The number of nitrogens with zero attached hydrogens (tertiary/aromatic N) is 4. The fraction of sp³-hybridized carbons (Fsp3) is 0.429. The Bertz CT molecular complexity index is 1820. The number of anilines is 2. The van der Waals surface area contributed by atoms with Crippen molar-refractivity contribution in [3.63, 3.8) is 0 Å². The lowest BCUT2D eigenvalue weighted by molar-refractivity contribution is -0.155. The average Bonchev–Trinajstić information content (AvgIpc) is 3.37. The van der Waals surface area contributed by atoms with Crippen LogP contribution in [0, 0.1) is 0 Å². The van der Waals surface area contributed by atoms with E-state index in [9.17, 15) is 22.8 Å². The lowest BCUT2D eigenvalue weighted by Gasteiger charge is -2.35. The van der Waals surface area contributed by atoms with Crippen molar-refractivity contribution in [2.75, 3.05) is 49.8 Å². The zero-order chi connectivity index (χ0) is 35.5. The van der Waals surface area contributed by atoms with E-state index in [1.54, 1.807) is 33.9 Å². The second-order valence-electron chi connectivity index (χ2n) is 13.3. The molecule has 262 valence electrons. The minimum absolute atomic E-state index is 0.0518. The van der Waals surface area contributed by atoms with Gasteiger partial charge in [-0.2, -0.15) is 4.31 Å². The Morgan fingerprint density at radius 3 is 2.33 bits per heavy atom. The van der Waals surface area contributed by atoms with Crippen LogP contribution in [0.1, 0.15) is 55.1 Å². The van der Waals surface area contributed by atoms with Gasteiger partial charge in [0.25, 0.3) is 5.91 Å². The predicted octanol–water partition coefficient (Wildman–Crippen LogP) is 3.38. The van der Waals surface area contributed by atoms with Gasteiger partial charge in [0.05, 0.1) is 19.1 Å². The van der Waals surface area contributed by atoms with Crippen LogP contribution in [0.25, 0.3) is 11.3 Å². The number of carbonyl (C=O) groups excluding carboxylic acids is 3. The third-order valence-corrected chi connectivity index (χ3v) is 9.80. The van der Waals surface area contributed by atoms with E-state index in [0.717, 1.165) is 22.6 Å². The van der Waals surface area contributed by atoms with Crippen molar-refractivity contribution in [2.45, 2.75) is 58.3 Å². The van der Waals surface area contributed by atoms with Crippen molar-refractivity contribution < 1.29 is 32.3 Å². The minimum Gasteiger partial charge on any atom is -0.497 e. The van der Waals surface area contributed by atoms with E-state index in [-0.39, 0.29) is 25.3 Å². The first-order valence-electron chi connectivity index (χ1n) is 16.2. The highest BCUT2D eigenvalue weighted by atomic mass is 32.2. The third-order valence-electron chi connectivity index (χ3n) is 8.50. The molecule has 3 aromatic rings. The number of nitrogens with one attached hydrogen (secondary N) is 1. The van der Waals surface area contributed by atoms with Crippen LogP contribution in [0.15, 0.2) is 54.6 Å². The molecule has 0 aliphatic carbocycles. The molecule has 0 radical (unpaired) electrons. The molecule has 1 saturated heterocycles. The molecule has 2 amide bonds. The zero-order valence-electron chi connectivity index (χ0n) is 28.6. The van der Waals surface area contributed by atoms with Crippen LogP contribution in [-0.2, 0) is 37.4 Å². The van der Waals surface area contributed by atoms with Gasteiger partial charge in [-0.3, -0.25) is 14.4 Å². The number of hydrogen-bond acceptors (Lipinski definition) is 10. The highest BCUT2D eigenvalue weighted by Gasteiger charge is 2.36. The van der Waals surface area contributed by atoms with Gasteiger partial charge < -0.3 is 30.3 Å². The Hall–Kier alpha value is -4.69. The predicted molar refractivity (Wildman–Crippen MR) is 187 cm³/mol. The van der Waals surface area contributed by atoms with E-state index < -0.39 is 33.5 Å². The van der Waals surface area contributed by atoms with Gasteiger partial charge in [-0.05, 0) is 68.7 Å². The molecule has 1 atom stereocenters. The van der Waals surface area contributed by atoms with Crippen molar-refractivity contribution in [3.05, 3.63) is 71.3 Å². The van der Waals surface area contributed by atoms with Gasteiger partial charge in [-0.1, -0.05) is 18.2 Å². The Morgan fingerprint density at radius 1 is 1.02 bits per heavy atom. The second kappa shape index (κ2) is 14.4. The summed E-state index contributed by atoms with van der Waals surface area (Å²) in [5, 5.41) is 3.42. The normalized spacial score (nSPS) is 15.9. The van der Waals surface area contributed by atoms with Crippen molar-refractivity contribution in [1.29, 1.82) is 0 Å². The fourth-order valence-electron chi connectivity index (χ4n) is 6.00. The Labute approximate surface area is 287 Å². The van der Waals surface area contributed by atoms with E-state index in [1.807, 2.05) is 48.5 Å². The number of hydrogen-bond donors (Lipinski definition) is 2. The monoisotopic (exact) mass is 692 g/mol. The van der Waals surface area contributed by atoms with Gasteiger partial charge in [0.2, 0.25) is 15.9 Å². The summed E-state index contributed by atoms with van der Waals surface area (Å²) in [6.07, 6.45) is 1.22. The van der Waals surface area contributed by atoms with Crippen molar-refractivity contribution in [3.8, 4) is 17.0 Å². The number of aromatic nitrogens is 1. The SMILES string of the molecule is COc1ccc(CNc2cc(N3CCN(S(C)(=O)=O)CC3)cc(-c3ccc4c(c3)CN([C@@H](CCC(=O)OC(C)(C)C)C(N)=O)C4=O)n2)cc1. The quantitative estimate of drug-likeness (QED) is 0.269. The Balaban J connectivity index is 1.39. The van der Waals surface area contributed by atoms with Crippen LogP contribution < -0.4 is 20.7 Å². The number of primary amides is 1. The first-order chi connectivity index (χ1) is 23.1. The number of esters is 1. The zero-order valence-corrected chi connectivity index (χ0v) is 29.4. The second-order valence-corrected chi connectivity index (χ2v) is 15.3. The van der Waals surface area contributed by atoms with E-state index in [2.05, 4.69) is 10.2 Å². The highest BCUT2D eigenvalue weighted by molar-refractivity contribution is 7.88. The molecule has 3 heterocycles. The maximum Gasteiger partial charge on any atom is 0.306 e. The van der Waals surface area contributed by atoms with Crippen LogP contribution >= 0.6 is 0 Å². The number of nitrogens with two attached hydrogens (primary N) is 1. The number of fused-ring (bicyclic) bond motifs is 1. The molecule has 0 unspecified atom stereocenters. The van der Waals surface area contributed by atoms with Gasteiger partial charge in [-0.15, -0.1) is 0 Å². The van der Waals surface area contributed by atoms with E-state index in [0.29, 0.717) is 55.4 Å². The van der Waals surface area contributed by atoms with Crippen LogP contribution in [0.4, 0.5) is 11.5 Å². The topological polar surface area (TPSA) is 164 Å². The molecule has 14 heteroatoms. The number of carbonyl (C=O) groups is 3. The molecule has 49 heavy (non-hydrogen) atoms. The molecule has 1 aromatic heterocycles.